The first-order chi connectivity index (χ1) is 9.89. The predicted octanol–water partition coefficient (Wildman–Crippen LogP) is 1.07. The van der Waals surface area contributed by atoms with Crippen LogP contribution in [0.25, 0.3) is 0 Å². The minimum atomic E-state index is -1.98. The lowest BCUT2D eigenvalue weighted by Crippen LogP contribution is -2.31. The van der Waals surface area contributed by atoms with Crippen LogP contribution in [0.3, 0.4) is 0 Å². The van der Waals surface area contributed by atoms with Gasteiger partial charge in [-0.3, -0.25) is 9.59 Å². The quantitative estimate of drug-likeness (QED) is 0.556. The fraction of sp³-hybridized carbons (Fsp3) is 0.250. The SMILES string of the molecule is O=C(O)C(C(=O)Cc1ccccc1)C1=CCC(O)(O)C=C1. The average molecular weight is 288 g/mol. The molecule has 0 saturated heterocycles. The van der Waals surface area contributed by atoms with Crippen molar-refractivity contribution in [2.24, 2.45) is 5.92 Å². The molecule has 1 unspecified atom stereocenters. The molecule has 0 aromatic heterocycles. The highest BCUT2D eigenvalue weighted by molar-refractivity contribution is 6.02. The summed E-state index contributed by atoms with van der Waals surface area (Å²) in [6, 6.07) is 8.90. The van der Waals surface area contributed by atoms with Gasteiger partial charge in [0.2, 0.25) is 0 Å². The maximum atomic E-state index is 12.2. The molecule has 0 heterocycles. The molecule has 1 aromatic rings. The van der Waals surface area contributed by atoms with E-state index in [1.165, 1.54) is 12.2 Å². The van der Waals surface area contributed by atoms with Crippen LogP contribution in [0.5, 0.6) is 0 Å². The highest BCUT2D eigenvalue weighted by Crippen LogP contribution is 2.25. The Labute approximate surface area is 121 Å². The molecule has 0 saturated carbocycles. The Kier molecular flexibility index (Phi) is 4.35. The molecule has 110 valence electrons. The number of aliphatic hydroxyl groups is 2. The first-order valence-electron chi connectivity index (χ1n) is 6.52. The van der Waals surface area contributed by atoms with Gasteiger partial charge in [-0.2, -0.15) is 0 Å². The van der Waals surface area contributed by atoms with Crippen molar-refractivity contribution in [2.45, 2.75) is 18.6 Å². The normalized spacial score (nSPS) is 17.9. The maximum absolute atomic E-state index is 12.2. The second kappa shape index (κ2) is 6.03. The highest BCUT2D eigenvalue weighted by atomic mass is 16.5. The van der Waals surface area contributed by atoms with Gasteiger partial charge >= 0.3 is 5.97 Å². The second-order valence-electron chi connectivity index (χ2n) is 5.02. The first kappa shape index (κ1) is 15.2. The zero-order valence-electron chi connectivity index (χ0n) is 11.3. The van der Waals surface area contributed by atoms with E-state index in [1.54, 1.807) is 24.3 Å². The topological polar surface area (TPSA) is 94.8 Å². The summed E-state index contributed by atoms with van der Waals surface area (Å²) < 4.78 is 0. The highest BCUT2D eigenvalue weighted by Gasteiger charge is 2.32. The number of benzene rings is 1. The number of carboxylic acid groups (broad SMARTS) is 1. The summed E-state index contributed by atoms with van der Waals surface area (Å²) in [5, 5.41) is 28.0. The average Bonchev–Trinajstić information content (AvgIpc) is 2.41. The van der Waals surface area contributed by atoms with Crippen LogP contribution in [0.15, 0.2) is 54.1 Å². The van der Waals surface area contributed by atoms with Gasteiger partial charge in [-0.15, -0.1) is 0 Å². The number of allylic oxidation sites excluding steroid dienone is 1. The Bertz CT molecular complexity index is 598. The number of rotatable bonds is 5. The van der Waals surface area contributed by atoms with Crippen molar-refractivity contribution in [2.75, 3.05) is 0 Å². The Morgan fingerprint density at radius 3 is 2.38 bits per heavy atom. The van der Waals surface area contributed by atoms with Gasteiger partial charge in [-0.1, -0.05) is 42.5 Å². The zero-order valence-corrected chi connectivity index (χ0v) is 11.3. The molecule has 0 fully saturated rings. The number of hydrogen-bond donors (Lipinski definition) is 3. The van der Waals surface area contributed by atoms with Gasteiger partial charge in [-0.05, 0) is 17.2 Å². The third kappa shape index (κ3) is 3.87. The summed E-state index contributed by atoms with van der Waals surface area (Å²) in [6.45, 7) is 0. The lowest BCUT2D eigenvalue weighted by atomic mass is 9.87. The van der Waals surface area contributed by atoms with E-state index in [4.69, 9.17) is 0 Å². The summed E-state index contributed by atoms with van der Waals surface area (Å²) in [4.78, 5) is 23.6. The summed E-state index contributed by atoms with van der Waals surface area (Å²) in [5.74, 6) is -4.95. The van der Waals surface area contributed by atoms with Crippen molar-refractivity contribution in [3.63, 3.8) is 0 Å². The Hall–Kier alpha value is -2.24. The first-order valence-corrected chi connectivity index (χ1v) is 6.52. The molecular formula is C16H16O5. The lowest BCUT2D eigenvalue weighted by molar-refractivity contribution is -0.144. The summed E-state index contributed by atoms with van der Waals surface area (Å²) in [6.07, 6.45) is 3.63. The van der Waals surface area contributed by atoms with Crippen LogP contribution < -0.4 is 0 Å². The largest absolute Gasteiger partial charge is 0.480 e. The Morgan fingerprint density at radius 2 is 1.86 bits per heavy atom. The van der Waals surface area contributed by atoms with Crippen molar-refractivity contribution < 1.29 is 24.9 Å². The monoisotopic (exact) mass is 288 g/mol. The molecule has 1 aliphatic rings. The van der Waals surface area contributed by atoms with Crippen LogP contribution in [-0.2, 0) is 16.0 Å². The molecule has 5 heteroatoms. The number of carboxylic acids is 1. The number of carbonyl (C=O) groups excluding carboxylic acids is 1. The third-order valence-electron chi connectivity index (χ3n) is 3.30. The number of aliphatic carboxylic acids is 1. The Balaban J connectivity index is 2.17. The number of Topliss-reactive ketones (excluding diaryl/α,β-unsaturated/α-hetero) is 1. The van der Waals surface area contributed by atoms with Crippen molar-refractivity contribution in [1.29, 1.82) is 0 Å². The van der Waals surface area contributed by atoms with E-state index in [0.717, 1.165) is 11.6 Å². The van der Waals surface area contributed by atoms with Crippen LogP contribution in [0.1, 0.15) is 12.0 Å². The molecular weight excluding hydrogens is 272 g/mol. The van der Waals surface area contributed by atoms with Crippen LogP contribution in [0, 0.1) is 5.92 Å². The fourth-order valence-corrected chi connectivity index (χ4v) is 2.21. The van der Waals surface area contributed by atoms with Crippen LogP contribution in [0.4, 0.5) is 0 Å². The molecule has 1 aliphatic carbocycles. The minimum Gasteiger partial charge on any atom is -0.480 e. The van der Waals surface area contributed by atoms with Gasteiger partial charge in [0, 0.05) is 12.8 Å². The molecule has 0 radical (unpaired) electrons. The molecule has 5 nitrogen and oxygen atoms in total. The standard InChI is InChI=1S/C16H16O5/c17-13(10-11-4-2-1-3-5-11)14(15(18)19)12-6-8-16(20,21)9-7-12/h1-8,14,20-21H,9-10H2,(H,18,19). The third-order valence-corrected chi connectivity index (χ3v) is 3.30. The van der Waals surface area contributed by atoms with Crippen molar-refractivity contribution in [3.8, 4) is 0 Å². The molecule has 21 heavy (non-hydrogen) atoms. The predicted molar refractivity (Wildman–Crippen MR) is 75.3 cm³/mol. The van der Waals surface area contributed by atoms with Crippen molar-refractivity contribution in [1.82, 2.24) is 0 Å². The fourth-order valence-electron chi connectivity index (χ4n) is 2.21. The summed E-state index contributed by atoms with van der Waals surface area (Å²) >= 11 is 0. The molecule has 1 aromatic carbocycles. The van der Waals surface area contributed by atoms with E-state index >= 15 is 0 Å². The van der Waals surface area contributed by atoms with Crippen LogP contribution >= 0.6 is 0 Å². The number of ketones is 1. The van der Waals surface area contributed by atoms with E-state index in [9.17, 15) is 24.9 Å². The molecule has 0 aliphatic heterocycles. The van der Waals surface area contributed by atoms with Gasteiger partial charge in [0.05, 0.1) is 0 Å². The number of carbonyl (C=O) groups is 2. The minimum absolute atomic E-state index is 0.0202. The van der Waals surface area contributed by atoms with Gasteiger partial charge < -0.3 is 15.3 Å². The Morgan fingerprint density at radius 1 is 1.19 bits per heavy atom. The van der Waals surface area contributed by atoms with E-state index < -0.39 is 23.5 Å². The van der Waals surface area contributed by atoms with E-state index in [1.807, 2.05) is 6.07 Å². The molecule has 3 N–H and O–H groups in total. The number of hydrogen-bond acceptors (Lipinski definition) is 4. The van der Waals surface area contributed by atoms with Crippen molar-refractivity contribution in [3.05, 3.63) is 59.7 Å². The molecule has 2 rings (SSSR count). The molecule has 1 atom stereocenters. The van der Waals surface area contributed by atoms with Gasteiger partial charge in [0.15, 0.2) is 11.6 Å². The summed E-state index contributed by atoms with van der Waals surface area (Å²) in [7, 11) is 0. The van der Waals surface area contributed by atoms with E-state index in [-0.39, 0.29) is 18.4 Å². The maximum Gasteiger partial charge on any atom is 0.318 e. The molecule has 0 amide bonds. The summed E-state index contributed by atoms with van der Waals surface area (Å²) in [5.41, 5.74) is 1.02. The second-order valence-corrected chi connectivity index (χ2v) is 5.02. The molecule has 0 bridgehead atoms. The van der Waals surface area contributed by atoms with Gasteiger partial charge in [0.1, 0.15) is 5.92 Å². The van der Waals surface area contributed by atoms with E-state index in [2.05, 4.69) is 0 Å². The lowest BCUT2D eigenvalue weighted by Gasteiger charge is -2.22. The van der Waals surface area contributed by atoms with Crippen LogP contribution in [0.2, 0.25) is 0 Å². The van der Waals surface area contributed by atoms with Gasteiger partial charge in [0.25, 0.3) is 0 Å². The van der Waals surface area contributed by atoms with Gasteiger partial charge in [-0.25, -0.2) is 0 Å². The van der Waals surface area contributed by atoms with Crippen LogP contribution in [-0.4, -0.2) is 32.9 Å². The smallest absolute Gasteiger partial charge is 0.318 e. The zero-order chi connectivity index (χ0) is 15.5. The van der Waals surface area contributed by atoms with Crippen molar-refractivity contribution >= 4 is 11.8 Å². The van der Waals surface area contributed by atoms with E-state index in [0.29, 0.717) is 0 Å². The molecule has 0 spiro atoms.